The van der Waals surface area contributed by atoms with Crippen molar-refractivity contribution < 1.29 is 13.9 Å². The number of hydrogen-bond donors (Lipinski definition) is 0. The molecular formula is C20H17FN4O2S. The van der Waals surface area contributed by atoms with Crippen LogP contribution in [0, 0.1) is 5.82 Å². The highest BCUT2D eigenvalue weighted by molar-refractivity contribution is 7.98. The lowest BCUT2D eigenvalue weighted by molar-refractivity contribution is 0.400. The van der Waals surface area contributed by atoms with E-state index in [-0.39, 0.29) is 5.82 Å². The van der Waals surface area contributed by atoms with Crippen molar-refractivity contribution >= 4 is 22.8 Å². The first kappa shape index (κ1) is 18.2. The first-order valence-electron chi connectivity index (χ1n) is 8.48. The predicted molar refractivity (Wildman–Crippen MR) is 106 cm³/mol. The normalized spacial score (nSPS) is 11.0. The van der Waals surface area contributed by atoms with Crippen molar-refractivity contribution in [2.75, 3.05) is 14.2 Å². The molecule has 0 amide bonds. The molecule has 8 heteroatoms. The molecule has 2 aromatic carbocycles. The molecule has 0 radical (unpaired) electrons. The molecule has 0 bridgehead atoms. The quantitative estimate of drug-likeness (QED) is 0.358. The lowest BCUT2D eigenvalue weighted by Gasteiger charge is -2.10. The Morgan fingerprint density at radius 1 is 1.04 bits per heavy atom. The summed E-state index contributed by atoms with van der Waals surface area (Å²) in [5.41, 5.74) is 2.41. The van der Waals surface area contributed by atoms with Crippen LogP contribution in [0.2, 0.25) is 0 Å². The molecular weight excluding hydrogens is 379 g/mol. The zero-order valence-corrected chi connectivity index (χ0v) is 16.1. The van der Waals surface area contributed by atoms with E-state index in [2.05, 4.69) is 15.1 Å². The third kappa shape index (κ3) is 3.50. The fourth-order valence-electron chi connectivity index (χ4n) is 2.85. The number of aromatic nitrogens is 4. The highest BCUT2D eigenvalue weighted by Crippen LogP contribution is 2.33. The number of fused-ring (bicyclic) bond motifs is 1. The molecule has 0 unspecified atom stereocenters. The van der Waals surface area contributed by atoms with Crippen molar-refractivity contribution in [1.82, 2.24) is 19.7 Å². The standard InChI is InChI=1S/C20H17FN4O2S/c1-26-16-7-8-18(27-2)13(9-16)11-28-20-17-10-24-25(19(17)22-12-23-20)15-5-3-14(21)4-6-15/h3-10,12H,11H2,1-2H3. The van der Waals surface area contributed by atoms with Gasteiger partial charge in [-0.25, -0.2) is 19.0 Å². The molecule has 0 aliphatic rings. The maximum Gasteiger partial charge on any atom is 0.167 e. The van der Waals surface area contributed by atoms with E-state index < -0.39 is 0 Å². The molecule has 0 saturated carbocycles. The average molecular weight is 396 g/mol. The topological polar surface area (TPSA) is 62.1 Å². The minimum atomic E-state index is -0.293. The summed E-state index contributed by atoms with van der Waals surface area (Å²) in [5.74, 6) is 1.92. The van der Waals surface area contributed by atoms with E-state index in [0.717, 1.165) is 33.2 Å². The molecule has 0 atom stereocenters. The second kappa shape index (κ2) is 7.85. The lowest BCUT2D eigenvalue weighted by atomic mass is 10.2. The molecule has 2 aromatic heterocycles. The predicted octanol–water partition coefficient (Wildman–Crippen LogP) is 4.26. The molecule has 142 valence electrons. The fraction of sp³-hybridized carbons (Fsp3) is 0.150. The van der Waals surface area contributed by atoms with Crippen LogP contribution < -0.4 is 9.47 Å². The molecule has 0 N–H and O–H groups in total. The molecule has 0 spiro atoms. The van der Waals surface area contributed by atoms with Gasteiger partial charge in [-0.15, -0.1) is 11.8 Å². The summed E-state index contributed by atoms with van der Waals surface area (Å²) in [5, 5.41) is 6.05. The fourth-order valence-corrected chi connectivity index (χ4v) is 3.79. The van der Waals surface area contributed by atoms with Gasteiger partial charge in [-0.05, 0) is 42.5 Å². The summed E-state index contributed by atoms with van der Waals surface area (Å²) >= 11 is 1.56. The van der Waals surface area contributed by atoms with Crippen molar-refractivity contribution in [1.29, 1.82) is 0 Å². The monoisotopic (exact) mass is 396 g/mol. The van der Waals surface area contributed by atoms with Gasteiger partial charge in [0.1, 0.15) is 28.7 Å². The minimum Gasteiger partial charge on any atom is -0.497 e. The number of rotatable bonds is 6. The Balaban J connectivity index is 1.65. The number of hydrogen-bond acceptors (Lipinski definition) is 6. The van der Waals surface area contributed by atoms with E-state index >= 15 is 0 Å². The van der Waals surface area contributed by atoms with Gasteiger partial charge in [0.2, 0.25) is 0 Å². The Morgan fingerprint density at radius 2 is 1.86 bits per heavy atom. The number of ether oxygens (including phenoxy) is 2. The summed E-state index contributed by atoms with van der Waals surface area (Å²) in [7, 11) is 3.28. The van der Waals surface area contributed by atoms with Gasteiger partial charge in [0.15, 0.2) is 5.65 Å². The Bertz CT molecular complexity index is 1120. The number of nitrogens with zero attached hydrogens (tertiary/aromatic N) is 4. The molecule has 4 rings (SSSR count). The first-order chi connectivity index (χ1) is 13.7. The zero-order chi connectivity index (χ0) is 19.5. The SMILES string of the molecule is COc1ccc(OC)c(CSc2ncnc3c2cnn3-c2ccc(F)cc2)c1. The number of methoxy groups -OCH3 is 2. The Morgan fingerprint density at radius 3 is 2.61 bits per heavy atom. The van der Waals surface area contributed by atoms with Crippen LogP contribution in [0.25, 0.3) is 16.7 Å². The van der Waals surface area contributed by atoms with Crippen LogP contribution in [0.3, 0.4) is 0 Å². The average Bonchev–Trinajstić information content (AvgIpc) is 3.17. The Kier molecular flexibility index (Phi) is 5.12. The van der Waals surface area contributed by atoms with Gasteiger partial charge in [0.25, 0.3) is 0 Å². The molecule has 4 aromatic rings. The van der Waals surface area contributed by atoms with Crippen LogP contribution in [0.4, 0.5) is 4.39 Å². The highest BCUT2D eigenvalue weighted by Gasteiger charge is 2.13. The van der Waals surface area contributed by atoms with Gasteiger partial charge in [-0.2, -0.15) is 5.10 Å². The van der Waals surface area contributed by atoms with Crippen LogP contribution in [0.1, 0.15) is 5.56 Å². The summed E-state index contributed by atoms with van der Waals surface area (Å²) < 4.78 is 25.6. The maximum atomic E-state index is 13.2. The van der Waals surface area contributed by atoms with E-state index in [4.69, 9.17) is 9.47 Å². The lowest BCUT2D eigenvalue weighted by Crippen LogP contribution is -1.98. The molecule has 2 heterocycles. The van der Waals surface area contributed by atoms with Gasteiger partial charge in [0.05, 0.1) is 31.5 Å². The molecule has 6 nitrogen and oxygen atoms in total. The maximum absolute atomic E-state index is 13.2. The van der Waals surface area contributed by atoms with E-state index in [9.17, 15) is 4.39 Å². The number of thioether (sulfide) groups is 1. The van der Waals surface area contributed by atoms with Gasteiger partial charge in [-0.3, -0.25) is 0 Å². The summed E-state index contributed by atoms with van der Waals surface area (Å²) in [6, 6.07) is 11.8. The van der Waals surface area contributed by atoms with E-state index in [1.165, 1.54) is 18.5 Å². The Hall–Kier alpha value is -3.13. The smallest absolute Gasteiger partial charge is 0.167 e. The van der Waals surface area contributed by atoms with E-state index in [1.54, 1.807) is 49.0 Å². The number of benzene rings is 2. The van der Waals surface area contributed by atoms with Gasteiger partial charge in [-0.1, -0.05) is 0 Å². The van der Waals surface area contributed by atoms with Crippen molar-refractivity contribution in [2.45, 2.75) is 10.8 Å². The summed E-state index contributed by atoms with van der Waals surface area (Å²) in [6.07, 6.45) is 3.24. The molecule has 0 aliphatic carbocycles. The highest BCUT2D eigenvalue weighted by atomic mass is 32.2. The van der Waals surface area contributed by atoms with Crippen LogP contribution in [0.5, 0.6) is 11.5 Å². The molecule has 0 aliphatic heterocycles. The van der Waals surface area contributed by atoms with Crippen LogP contribution in [-0.4, -0.2) is 34.0 Å². The molecule has 0 saturated heterocycles. The van der Waals surface area contributed by atoms with Gasteiger partial charge < -0.3 is 9.47 Å². The molecule has 28 heavy (non-hydrogen) atoms. The summed E-state index contributed by atoms with van der Waals surface area (Å²) in [4.78, 5) is 8.76. The van der Waals surface area contributed by atoms with E-state index in [0.29, 0.717) is 11.4 Å². The zero-order valence-electron chi connectivity index (χ0n) is 15.3. The first-order valence-corrected chi connectivity index (χ1v) is 9.46. The van der Waals surface area contributed by atoms with Crippen molar-refractivity contribution in [2.24, 2.45) is 0 Å². The van der Waals surface area contributed by atoms with Gasteiger partial charge >= 0.3 is 0 Å². The summed E-state index contributed by atoms with van der Waals surface area (Å²) in [6.45, 7) is 0. The van der Waals surface area contributed by atoms with Gasteiger partial charge in [0, 0.05) is 11.3 Å². The Labute approximate surface area is 165 Å². The second-order valence-electron chi connectivity index (χ2n) is 5.92. The number of halogens is 1. The van der Waals surface area contributed by atoms with Crippen molar-refractivity contribution in [3.05, 3.63) is 66.4 Å². The minimum absolute atomic E-state index is 0.293. The van der Waals surface area contributed by atoms with Crippen LogP contribution in [0.15, 0.2) is 60.0 Å². The third-order valence-electron chi connectivity index (χ3n) is 4.25. The molecule has 0 fully saturated rings. The van der Waals surface area contributed by atoms with E-state index in [1.807, 2.05) is 18.2 Å². The van der Waals surface area contributed by atoms with Crippen molar-refractivity contribution in [3.8, 4) is 17.2 Å². The largest absolute Gasteiger partial charge is 0.497 e. The third-order valence-corrected chi connectivity index (χ3v) is 5.31. The van der Waals surface area contributed by atoms with Crippen molar-refractivity contribution in [3.63, 3.8) is 0 Å². The second-order valence-corrected chi connectivity index (χ2v) is 6.88. The van der Waals surface area contributed by atoms with Crippen LogP contribution >= 0.6 is 11.8 Å². The van der Waals surface area contributed by atoms with Crippen LogP contribution in [-0.2, 0) is 5.75 Å².